The fourth-order valence-corrected chi connectivity index (χ4v) is 2.60. The summed E-state index contributed by atoms with van der Waals surface area (Å²) in [4.78, 5) is 8.55. The number of pyridine rings is 1. The van der Waals surface area contributed by atoms with E-state index in [2.05, 4.69) is 9.97 Å². The molecule has 0 spiro atoms. The first kappa shape index (κ1) is 14.1. The zero-order valence-electron chi connectivity index (χ0n) is 10.9. The summed E-state index contributed by atoms with van der Waals surface area (Å²) in [6.45, 7) is -0.198. The van der Waals surface area contributed by atoms with E-state index in [-0.39, 0.29) is 12.4 Å². The second kappa shape index (κ2) is 5.18. The van der Waals surface area contributed by atoms with Crippen LogP contribution < -0.4 is 0 Å². The second-order valence-corrected chi connectivity index (χ2v) is 4.95. The van der Waals surface area contributed by atoms with E-state index >= 15 is 0 Å². The van der Waals surface area contributed by atoms with Crippen LogP contribution in [-0.2, 0) is 12.4 Å². The van der Waals surface area contributed by atoms with Crippen molar-refractivity contribution in [3.63, 3.8) is 0 Å². The number of benzene rings is 1. The van der Waals surface area contributed by atoms with E-state index in [4.69, 9.17) is 11.6 Å². The van der Waals surface area contributed by atoms with Crippen molar-refractivity contribution in [2.45, 2.75) is 25.0 Å². The Morgan fingerprint density at radius 2 is 1.90 bits per heavy atom. The number of halogens is 4. The minimum absolute atomic E-state index is 0.0564. The summed E-state index contributed by atoms with van der Waals surface area (Å²) in [5.74, 6) is 0.481. The third-order valence-corrected chi connectivity index (χ3v) is 3.54. The Balaban J connectivity index is 2.21. The Hall–Kier alpha value is -1.82. The van der Waals surface area contributed by atoms with Gasteiger partial charge in [0.05, 0.1) is 29.5 Å². The van der Waals surface area contributed by atoms with Crippen LogP contribution in [0.3, 0.4) is 0 Å². The van der Waals surface area contributed by atoms with Crippen LogP contribution >= 0.6 is 11.6 Å². The number of nitrogens with zero attached hydrogens (tertiary/aromatic N) is 3. The summed E-state index contributed by atoms with van der Waals surface area (Å²) >= 11 is 5.82. The molecule has 1 aromatic carbocycles. The second-order valence-electron chi connectivity index (χ2n) is 4.69. The van der Waals surface area contributed by atoms with E-state index in [0.29, 0.717) is 16.9 Å². The van der Waals surface area contributed by atoms with E-state index in [9.17, 15) is 13.2 Å². The Labute approximate surface area is 123 Å². The number of hydrogen-bond acceptors (Lipinski definition) is 2. The molecule has 110 valence electrons. The molecule has 0 aliphatic rings. The molecule has 7 heteroatoms. The highest BCUT2D eigenvalue weighted by Crippen LogP contribution is 2.28. The van der Waals surface area contributed by atoms with Gasteiger partial charge in [0.15, 0.2) is 0 Å². The number of rotatable bonds is 3. The smallest absolute Gasteiger partial charge is 0.326 e. The Bertz CT molecular complexity index is 795. The Kier molecular flexibility index (Phi) is 3.49. The largest absolute Gasteiger partial charge is 0.390 e. The van der Waals surface area contributed by atoms with Crippen molar-refractivity contribution in [1.82, 2.24) is 14.5 Å². The summed E-state index contributed by atoms with van der Waals surface area (Å²) in [7, 11) is 0. The minimum atomic E-state index is -4.22. The number of imidazole rings is 1. The molecule has 0 atom stereocenters. The quantitative estimate of drug-likeness (QED) is 0.676. The van der Waals surface area contributed by atoms with Crippen LogP contribution in [0.15, 0.2) is 30.5 Å². The molecule has 0 N–H and O–H groups in total. The zero-order valence-corrected chi connectivity index (χ0v) is 11.6. The molecule has 0 aliphatic carbocycles. The highest BCUT2D eigenvalue weighted by molar-refractivity contribution is 6.17. The molecule has 0 amide bonds. The van der Waals surface area contributed by atoms with Crippen molar-refractivity contribution in [2.24, 2.45) is 0 Å². The van der Waals surface area contributed by atoms with E-state index in [1.807, 2.05) is 24.3 Å². The van der Waals surface area contributed by atoms with E-state index in [1.54, 1.807) is 10.8 Å². The molecular formula is C14H11ClF3N3. The van der Waals surface area contributed by atoms with Gasteiger partial charge in [-0.05, 0) is 6.07 Å². The van der Waals surface area contributed by atoms with E-state index in [0.717, 1.165) is 10.9 Å². The molecule has 0 radical (unpaired) electrons. The highest BCUT2D eigenvalue weighted by atomic mass is 35.5. The van der Waals surface area contributed by atoms with Gasteiger partial charge in [0.2, 0.25) is 0 Å². The molecule has 2 heterocycles. The molecule has 0 fully saturated rings. The van der Waals surface area contributed by atoms with Crippen LogP contribution in [-0.4, -0.2) is 20.7 Å². The van der Waals surface area contributed by atoms with Gasteiger partial charge in [-0.15, -0.1) is 11.6 Å². The van der Waals surface area contributed by atoms with Crippen molar-refractivity contribution in [1.29, 1.82) is 0 Å². The van der Waals surface area contributed by atoms with Gasteiger partial charge in [-0.1, -0.05) is 18.2 Å². The lowest BCUT2D eigenvalue weighted by molar-refractivity contribution is -0.136. The van der Waals surface area contributed by atoms with Gasteiger partial charge < -0.3 is 4.57 Å². The average molecular weight is 314 g/mol. The molecule has 0 unspecified atom stereocenters. The molecule has 2 aromatic heterocycles. The van der Waals surface area contributed by atoms with Crippen LogP contribution in [0.5, 0.6) is 0 Å². The van der Waals surface area contributed by atoms with E-state index < -0.39 is 12.6 Å². The molecule has 3 rings (SSSR count). The standard InChI is InChI=1S/C14H11ClF3N3/c15-7-12-20-11-8-19-10-4-2-1-3-9(10)13(11)21(12)6-5-14(16,17)18/h1-4,8H,5-7H2. The number of aromatic nitrogens is 3. The third-order valence-electron chi connectivity index (χ3n) is 3.30. The summed E-state index contributed by atoms with van der Waals surface area (Å²) in [5, 5.41) is 0.779. The van der Waals surface area contributed by atoms with E-state index in [1.165, 1.54) is 0 Å². The zero-order chi connectivity index (χ0) is 15.0. The molecular weight excluding hydrogens is 303 g/mol. The van der Waals surface area contributed by atoms with Gasteiger partial charge in [0.25, 0.3) is 0 Å². The monoisotopic (exact) mass is 313 g/mol. The fourth-order valence-electron chi connectivity index (χ4n) is 2.39. The SMILES string of the molecule is FC(F)(F)CCn1c(CCl)nc2cnc3ccccc3c21. The maximum absolute atomic E-state index is 12.5. The number of fused-ring (bicyclic) bond motifs is 3. The Morgan fingerprint density at radius 3 is 2.62 bits per heavy atom. The lowest BCUT2D eigenvalue weighted by Gasteiger charge is -2.11. The lowest BCUT2D eigenvalue weighted by atomic mass is 10.2. The van der Waals surface area contributed by atoms with Crippen molar-refractivity contribution in [2.75, 3.05) is 0 Å². The number of para-hydroxylation sites is 1. The predicted octanol–water partition coefficient (Wildman–Crippen LogP) is 4.28. The first-order valence-corrected chi connectivity index (χ1v) is 6.88. The molecule has 3 aromatic rings. The van der Waals surface area contributed by atoms with Crippen LogP contribution in [0.2, 0.25) is 0 Å². The summed E-state index contributed by atoms with van der Waals surface area (Å²) in [6.07, 6.45) is -3.57. The van der Waals surface area contributed by atoms with Crippen LogP contribution in [0.4, 0.5) is 13.2 Å². The van der Waals surface area contributed by atoms with Crippen LogP contribution in [0.25, 0.3) is 21.9 Å². The van der Waals surface area contributed by atoms with Crippen molar-refractivity contribution in [3.05, 3.63) is 36.3 Å². The fraction of sp³-hybridized carbons (Fsp3) is 0.286. The first-order chi connectivity index (χ1) is 9.99. The van der Waals surface area contributed by atoms with Crippen molar-refractivity contribution < 1.29 is 13.2 Å². The van der Waals surface area contributed by atoms with Crippen LogP contribution in [0.1, 0.15) is 12.2 Å². The van der Waals surface area contributed by atoms with Crippen molar-refractivity contribution in [3.8, 4) is 0 Å². The average Bonchev–Trinajstić information content (AvgIpc) is 2.82. The first-order valence-electron chi connectivity index (χ1n) is 6.35. The minimum Gasteiger partial charge on any atom is -0.326 e. The number of aryl methyl sites for hydroxylation is 1. The Morgan fingerprint density at radius 1 is 1.14 bits per heavy atom. The third kappa shape index (κ3) is 2.68. The van der Waals surface area contributed by atoms with Gasteiger partial charge in [-0.25, -0.2) is 4.98 Å². The lowest BCUT2D eigenvalue weighted by Crippen LogP contribution is -2.13. The number of alkyl halides is 4. The number of hydrogen-bond donors (Lipinski definition) is 0. The summed E-state index contributed by atoms with van der Waals surface area (Å²) < 4.78 is 39.1. The molecule has 21 heavy (non-hydrogen) atoms. The van der Waals surface area contributed by atoms with Gasteiger partial charge in [-0.2, -0.15) is 13.2 Å². The van der Waals surface area contributed by atoms with Gasteiger partial charge in [-0.3, -0.25) is 4.98 Å². The molecule has 3 nitrogen and oxygen atoms in total. The summed E-state index contributed by atoms with van der Waals surface area (Å²) in [5.41, 5.74) is 1.94. The summed E-state index contributed by atoms with van der Waals surface area (Å²) in [6, 6.07) is 7.30. The topological polar surface area (TPSA) is 30.7 Å². The molecule has 0 bridgehead atoms. The van der Waals surface area contributed by atoms with Crippen molar-refractivity contribution >= 4 is 33.5 Å². The maximum atomic E-state index is 12.5. The molecule has 0 aliphatic heterocycles. The maximum Gasteiger partial charge on any atom is 0.390 e. The molecule has 0 saturated heterocycles. The normalized spacial score (nSPS) is 12.4. The van der Waals surface area contributed by atoms with Crippen LogP contribution in [0, 0.1) is 0 Å². The predicted molar refractivity (Wildman–Crippen MR) is 75.3 cm³/mol. The van der Waals surface area contributed by atoms with Gasteiger partial charge >= 0.3 is 6.18 Å². The molecule has 0 saturated carbocycles. The van der Waals surface area contributed by atoms with Gasteiger partial charge in [0, 0.05) is 11.9 Å². The van der Waals surface area contributed by atoms with Gasteiger partial charge in [0.1, 0.15) is 11.3 Å². The highest BCUT2D eigenvalue weighted by Gasteiger charge is 2.27.